The molecule has 4 nitrogen and oxygen atoms in total. The first-order chi connectivity index (χ1) is 8.72. The lowest BCUT2D eigenvalue weighted by molar-refractivity contribution is 0.0253. The fraction of sp³-hybridized carbons (Fsp3) is 0.462. The number of rotatable bonds is 2. The number of pyridine rings is 1. The minimum atomic E-state index is 0.244. The van der Waals surface area contributed by atoms with E-state index in [0.717, 1.165) is 47.6 Å². The van der Waals surface area contributed by atoms with Crippen LogP contribution >= 0.6 is 15.9 Å². The van der Waals surface area contributed by atoms with Crippen LogP contribution in [0.15, 0.2) is 22.9 Å². The minimum absolute atomic E-state index is 0.244. The van der Waals surface area contributed by atoms with Gasteiger partial charge in [-0.3, -0.25) is 0 Å². The van der Waals surface area contributed by atoms with Crippen LogP contribution in [0.2, 0.25) is 0 Å². The Morgan fingerprint density at radius 3 is 2.94 bits per heavy atom. The van der Waals surface area contributed by atoms with Crippen LogP contribution in [0.5, 0.6) is 5.75 Å². The van der Waals surface area contributed by atoms with Crippen molar-refractivity contribution >= 4 is 21.6 Å². The maximum Gasteiger partial charge on any atom is 0.140 e. The van der Waals surface area contributed by atoms with E-state index in [0.29, 0.717) is 0 Å². The summed E-state index contributed by atoms with van der Waals surface area (Å²) < 4.78 is 14.3. The van der Waals surface area contributed by atoms with Crippen LogP contribution in [-0.2, 0) is 4.74 Å². The third kappa shape index (κ3) is 2.37. The predicted octanol–water partition coefficient (Wildman–Crippen LogP) is 2.96. The molecular weight excluding hydrogens is 296 g/mol. The van der Waals surface area contributed by atoms with Crippen molar-refractivity contribution in [2.45, 2.75) is 25.9 Å². The smallest absolute Gasteiger partial charge is 0.140 e. The highest BCUT2D eigenvalue weighted by Gasteiger charge is 2.17. The number of ether oxygens (including phenoxy) is 2. The van der Waals surface area contributed by atoms with Crippen molar-refractivity contribution < 1.29 is 9.47 Å². The summed E-state index contributed by atoms with van der Waals surface area (Å²) in [5, 5.41) is 0. The van der Waals surface area contributed by atoms with Gasteiger partial charge in [0.15, 0.2) is 0 Å². The molecule has 2 aromatic rings. The Balaban J connectivity index is 1.88. The van der Waals surface area contributed by atoms with E-state index in [4.69, 9.17) is 9.47 Å². The first kappa shape index (κ1) is 12.0. The van der Waals surface area contributed by atoms with Crippen LogP contribution in [-0.4, -0.2) is 28.7 Å². The van der Waals surface area contributed by atoms with Gasteiger partial charge < -0.3 is 13.9 Å². The molecule has 1 fully saturated rings. The third-order valence-electron chi connectivity index (χ3n) is 3.09. The Kier molecular flexibility index (Phi) is 3.26. The molecule has 18 heavy (non-hydrogen) atoms. The fourth-order valence-corrected chi connectivity index (χ4v) is 2.61. The van der Waals surface area contributed by atoms with Crippen LogP contribution in [0.1, 0.15) is 18.5 Å². The van der Waals surface area contributed by atoms with E-state index in [9.17, 15) is 0 Å². The number of hydrogen-bond acceptors (Lipinski definition) is 3. The first-order valence-electron chi connectivity index (χ1n) is 6.11. The second-order valence-corrected chi connectivity index (χ2v) is 5.42. The highest BCUT2D eigenvalue weighted by molar-refractivity contribution is 9.10. The Morgan fingerprint density at radius 2 is 2.17 bits per heavy atom. The van der Waals surface area contributed by atoms with Crippen molar-refractivity contribution in [1.82, 2.24) is 9.38 Å². The number of fused-ring (bicyclic) bond motifs is 1. The molecule has 96 valence electrons. The Labute approximate surface area is 114 Å². The molecule has 0 bridgehead atoms. The molecule has 0 atom stereocenters. The summed E-state index contributed by atoms with van der Waals surface area (Å²) >= 11 is 3.55. The van der Waals surface area contributed by atoms with E-state index in [1.807, 2.05) is 29.8 Å². The molecule has 0 radical (unpaired) electrons. The first-order valence-corrected chi connectivity index (χ1v) is 6.91. The number of halogens is 1. The molecule has 1 saturated heterocycles. The molecule has 3 heterocycles. The predicted molar refractivity (Wildman–Crippen MR) is 72.1 cm³/mol. The summed E-state index contributed by atoms with van der Waals surface area (Å²) in [6.45, 7) is 3.56. The molecule has 5 heteroatoms. The lowest BCUT2D eigenvalue weighted by Crippen LogP contribution is -2.26. The van der Waals surface area contributed by atoms with E-state index in [-0.39, 0.29) is 6.10 Å². The van der Waals surface area contributed by atoms with E-state index in [1.54, 1.807) is 0 Å². The standard InChI is InChI=1S/C13H15BrN2O2/c1-9-7-16-8-11(14)12(6-13(16)15-9)18-10-2-4-17-5-3-10/h6-8,10H,2-5H2,1H3. The average Bonchev–Trinajstić information content (AvgIpc) is 2.70. The third-order valence-corrected chi connectivity index (χ3v) is 3.69. The summed E-state index contributed by atoms with van der Waals surface area (Å²) in [6.07, 6.45) is 6.13. The summed E-state index contributed by atoms with van der Waals surface area (Å²) in [5.41, 5.74) is 1.92. The number of aryl methyl sites for hydroxylation is 1. The normalized spacial score (nSPS) is 17.2. The quantitative estimate of drug-likeness (QED) is 0.855. The van der Waals surface area contributed by atoms with E-state index >= 15 is 0 Å². The molecule has 2 aromatic heterocycles. The SMILES string of the molecule is Cc1cn2cc(Br)c(OC3CCOCC3)cc2n1. The van der Waals surface area contributed by atoms with Crippen LogP contribution in [0.4, 0.5) is 0 Å². The van der Waals surface area contributed by atoms with E-state index in [1.165, 1.54) is 0 Å². The maximum absolute atomic E-state index is 6.02. The van der Waals surface area contributed by atoms with Gasteiger partial charge in [-0.15, -0.1) is 0 Å². The monoisotopic (exact) mass is 310 g/mol. The van der Waals surface area contributed by atoms with Crippen molar-refractivity contribution in [3.05, 3.63) is 28.6 Å². The van der Waals surface area contributed by atoms with Gasteiger partial charge in [-0.05, 0) is 22.9 Å². The summed E-state index contributed by atoms with van der Waals surface area (Å²) in [5.74, 6) is 0.861. The summed E-state index contributed by atoms with van der Waals surface area (Å²) in [4.78, 5) is 4.45. The Hall–Kier alpha value is -1.07. The highest BCUT2D eigenvalue weighted by Crippen LogP contribution is 2.28. The number of imidazole rings is 1. The Morgan fingerprint density at radius 1 is 1.39 bits per heavy atom. The molecule has 0 spiro atoms. The van der Waals surface area contributed by atoms with Crippen molar-refractivity contribution in [1.29, 1.82) is 0 Å². The molecule has 1 aliphatic heterocycles. The van der Waals surface area contributed by atoms with E-state index in [2.05, 4.69) is 20.9 Å². The molecule has 0 saturated carbocycles. The minimum Gasteiger partial charge on any atom is -0.489 e. The zero-order valence-electron chi connectivity index (χ0n) is 10.2. The largest absolute Gasteiger partial charge is 0.489 e. The van der Waals surface area contributed by atoms with Gasteiger partial charge in [-0.25, -0.2) is 4.98 Å². The Bertz CT molecular complexity index is 561. The lowest BCUT2D eigenvalue weighted by atomic mass is 10.1. The zero-order valence-corrected chi connectivity index (χ0v) is 11.8. The van der Waals surface area contributed by atoms with Gasteiger partial charge in [0.2, 0.25) is 0 Å². The van der Waals surface area contributed by atoms with Gasteiger partial charge in [-0.1, -0.05) is 0 Å². The number of aromatic nitrogens is 2. The summed E-state index contributed by atoms with van der Waals surface area (Å²) in [7, 11) is 0. The molecule has 0 aliphatic carbocycles. The second kappa shape index (κ2) is 4.90. The molecule has 3 rings (SSSR count). The summed E-state index contributed by atoms with van der Waals surface area (Å²) in [6, 6.07) is 1.98. The zero-order chi connectivity index (χ0) is 12.5. The van der Waals surface area contributed by atoms with Gasteiger partial charge in [0.1, 0.15) is 17.5 Å². The van der Waals surface area contributed by atoms with Gasteiger partial charge in [0.05, 0.1) is 23.4 Å². The van der Waals surface area contributed by atoms with Gasteiger partial charge in [-0.2, -0.15) is 0 Å². The van der Waals surface area contributed by atoms with Gasteiger partial charge in [0, 0.05) is 31.3 Å². The molecule has 0 amide bonds. The molecule has 0 N–H and O–H groups in total. The van der Waals surface area contributed by atoms with Crippen molar-refractivity contribution in [2.24, 2.45) is 0 Å². The second-order valence-electron chi connectivity index (χ2n) is 4.56. The lowest BCUT2D eigenvalue weighted by Gasteiger charge is -2.23. The van der Waals surface area contributed by atoms with Crippen LogP contribution in [0, 0.1) is 6.92 Å². The van der Waals surface area contributed by atoms with Crippen molar-refractivity contribution in [3.8, 4) is 5.75 Å². The van der Waals surface area contributed by atoms with Crippen molar-refractivity contribution in [2.75, 3.05) is 13.2 Å². The van der Waals surface area contributed by atoms with E-state index < -0.39 is 0 Å². The fourth-order valence-electron chi connectivity index (χ4n) is 2.18. The number of nitrogens with zero attached hydrogens (tertiary/aromatic N) is 2. The van der Waals surface area contributed by atoms with Gasteiger partial charge in [0.25, 0.3) is 0 Å². The van der Waals surface area contributed by atoms with Crippen LogP contribution < -0.4 is 4.74 Å². The molecule has 0 unspecified atom stereocenters. The molecular formula is C13H15BrN2O2. The number of hydrogen-bond donors (Lipinski definition) is 0. The molecule has 0 aromatic carbocycles. The molecule has 1 aliphatic rings. The van der Waals surface area contributed by atoms with Gasteiger partial charge >= 0.3 is 0 Å². The average molecular weight is 311 g/mol. The van der Waals surface area contributed by atoms with Crippen molar-refractivity contribution in [3.63, 3.8) is 0 Å². The maximum atomic E-state index is 6.02. The van der Waals surface area contributed by atoms with Crippen LogP contribution in [0.25, 0.3) is 5.65 Å². The van der Waals surface area contributed by atoms with Crippen LogP contribution in [0.3, 0.4) is 0 Å². The topological polar surface area (TPSA) is 35.8 Å². The highest BCUT2D eigenvalue weighted by atomic mass is 79.9.